The number of amides is 1. The number of carbonyl (C=O) groups excluding carboxylic acids is 1. The van der Waals surface area contributed by atoms with Gasteiger partial charge in [0.05, 0.1) is 6.04 Å². The van der Waals surface area contributed by atoms with E-state index in [-0.39, 0.29) is 18.1 Å². The van der Waals surface area contributed by atoms with Crippen molar-refractivity contribution in [2.24, 2.45) is 0 Å². The Morgan fingerprint density at radius 2 is 2.00 bits per heavy atom. The number of carbonyl (C=O) groups is 1. The molecule has 1 aliphatic heterocycles. The van der Waals surface area contributed by atoms with Crippen LogP contribution in [0.15, 0.2) is 48.5 Å². The highest BCUT2D eigenvalue weighted by atomic mass is 35.5. The first kappa shape index (κ1) is 16.0. The van der Waals surface area contributed by atoms with Gasteiger partial charge in [-0.1, -0.05) is 41.9 Å². The molecule has 0 aliphatic carbocycles. The fourth-order valence-corrected chi connectivity index (χ4v) is 3.48. The van der Waals surface area contributed by atoms with E-state index in [0.29, 0.717) is 16.1 Å². The number of likely N-dealkylation sites (tertiary alicyclic amines) is 1. The SMILES string of the molecule is CN1C(=O)C[C@H](c2ccccc2F)[C@@H]1C(O)c1cccc(Cl)c1. The van der Waals surface area contributed by atoms with E-state index in [1.165, 1.54) is 11.0 Å². The van der Waals surface area contributed by atoms with Gasteiger partial charge in [0.1, 0.15) is 11.9 Å². The summed E-state index contributed by atoms with van der Waals surface area (Å²) in [6.45, 7) is 0. The van der Waals surface area contributed by atoms with E-state index in [0.717, 1.165) is 0 Å². The van der Waals surface area contributed by atoms with Gasteiger partial charge in [0, 0.05) is 24.4 Å². The molecular weight excluding hydrogens is 317 g/mol. The van der Waals surface area contributed by atoms with Gasteiger partial charge in [0.2, 0.25) is 5.91 Å². The van der Waals surface area contributed by atoms with Crippen LogP contribution in [-0.2, 0) is 4.79 Å². The predicted octanol–water partition coefficient (Wildman–Crippen LogP) is 3.53. The molecule has 1 unspecified atom stereocenters. The number of benzene rings is 2. The van der Waals surface area contributed by atoms with E-state index in [4.69, 9.17) is 11.6 Å². The van der Waals surface area contributed by atoms with Crippen molar-refractivity contribution in [1.82, 2.24) is 4.90 Å². The fourth-order valence-electron chi connectivity index (χ4n) is 3.28. The molecule has 0 spiro atoms. The Bertz CT molecular complexity index is 736. The molecule has 3 atom stereocenters. The monoisotopic (exact) mass is 333 g/mol. The molecule has 1 N–H and O–H groups in total. The van der Waals surface area contributed by atoms with Gasteiger partial charge in [-0.2, -0.15) is 0 Å². The van der Waals surface area contributed by atoms with Gasteiger partial charge in [-0.25, -0.2) is 4.39 Å². The van der Waals surface area contributed by atoms with Gasteiger partial charge in [0.25, 0.3) is 0 Å². The summed E-state index contributed by atoms with van der Waals surface area (Å²) in [6, 6.07) is 12.8. The van der Waals surface area contributed by atoms with E-state index >= 15 is 0 Å². The van der Waals surface area contributed by atoms with Crippen LogP contribution in [-0.4, -0.2) is 29.0 Å². The van der Waals surface area contributed by atoms with Crippen LogP contribution >= 0.6 is 11.6 Å². The number of hydrogen-bond donors (Lipinski definition) is 1. The summed E-state index contributed by atoms with van der Waals surface area (Å²) in [4.78, 5) is 13.7. The summed E-state index contributed by atoms with van der Waals surface area (Å²) in [5, 5.41) is 11.3. The van der Waals surface area contributed by atoms with Crippen LogP contribution < -0.4 is 0 Å². The zero-order chi connectivity index (χ0) is 16.6. The molecule has 3 rings (SSSR count). The highest BCUT2D eigenvalue weighted by Gasteiger charge is 2.43. The Morgan fingerprint density at radius 3 is 2.70 bits per heavy atom. The van der Waals surface area contributed by atoms with Crippen molar-refractivity contribution in [3.8, 4) is 0 Å². The lowest BCUT2D eigenvalue weighted by atomic mass is 9.86. The lowest BCUT2D eigenvalue weighted by Gasteiger charge is -2.30. The predicted molar refractivity (Wildman–Crippen MR) is 86.7 cm³/mol. The number of aliphatic hydroxyl groups excluding tert-OH is 1. The third-order valence-corrected chi connectivity index (χ3v) is 4.70. The molecule has 0 radical (unpaired) electrons. The minimum atomic E-state index is -0.935. The smallest absolute Gasteiger partial charge is 0.223 e. The van der Waals surface area contributed by atoms with Gasteiger partial charge in [-0.15, -0.1) is 0 Å². The summed E-state index contributed by atoms with van der Waals surface area (Å²) in [6.07, 6.45) is -0.755. The van der Waals surface area contributed by atoms with Gasteiger partial charge in [-0.05, 0) is 29.3 Å². The molecule has 0 saturated carbocycles. The summed E-state index contributed by atoms with van der Waals surface area (Å²) < 4.78 is 14.2. The Balaban J connectivity index is 2.00. The minimum absolute atomic E-state index is 0.107. The first-order valence-electron chi connectivity index (χ1n) is 7.42. The van der Waals surface area contributed by atoms with Crippen molar-refractivity contribution in [3.63, 3.8) is 0 Å². The molecule has 1 fully saturated rings. The zero-order valence-electron chi connectivity index (χ0n) is 12.6. The van der Waals surface area contributed by atoms with E-state index in [1.54, 1.807) is 49.5 Å². The third-order valence-electron chi connectivity index (χ3n) is 4.47. The number of likely N-dealkylation sites (N-methyl/N-ethyl adjacent to an activating group) is 1. The number of nitrogens with zero attached hydrogens (tertiary/aromatic N) is 1. The van der Waals surface area contributed by atoms with Crippen molar-refractivity contribution in [2.45, 2.75) is 24.5 Å². The summed E-state index contributed by atoms with van der Waals surface area (Å²) in [7, 11) is 1.64. The molecule has 120 valence electrons. The zero-order valence-corrected chi connectivity index (χ0v) is 13.4. The highest BCUT2D eigenvalue weighted by Crippen LogP contribution is 2.41. The van der Waals surface area contributed by atoms with Crippen LogP contribution in [0.5, 0.6) is 0 Å². The minimum Gasteiger partial charge on any atom is -0.386 e. The Kier molecular flexibility index (Phi) is 4.37. The third kappa shape index (κ3) is 2.96. The van der Waals surface area contributed by atoms with E-state index in [2.05, 4.69) is 0 Å². The molecule has 1 amide bonds. The van der Waals surface area contributed by atoms with Crippen LogP contribution in [0.3, 0.4) is 0 Å². The van der Waals surface area contributed by atoms with Gasteiger partial charge in [-0.3, -0.25) is 4.79 Å². The molecule has 3 nitrogen and oxygen atoms in total. The second-order valence-corrected chi connectivity index (χ2v) is 6.26. The molecule has 23 heavy (non-hydrogen) atoms. The molecule has 0 aromatic heterocycles. The van der Waals surface area contributed by atoms with Gasteiger partial charge in [0.15, 0.2) is 0 Å². The van der Waals surface area contributed by atoms with Crippen LogP contribution in [0.4, 0.5) is 4.39 Å². The summed E-state index contributed by atoms with van der Waals surface area (Å²) in [5.74, 6) is -0.865. The average Bonchev–Trinajstić information content (AvgIpc) is 2.82. The summed E-state index contributed by atoms with van der Waals surface area (Å²) in [5.41, 5.74) is 1.07. The molecule has 2 aromatic rings. The summed E-state index contributed by atoms with van der Waals surface area (Å²) >= 11 is 5.99. The number of rotatable bonds is 3. The quantitative estimate of drug-likeness (QED) is 0.933. The van der Waals surface area contributed by atoms with Crippen molar-refractivity contribution in [2.75, 3.05) is 7.05 Å². The molecule has 1 heterocycles. The molecule has 2 aromatic carbocycles. The first-order valence-corrected chi connectivity index (χ1v) is 7.80. The van der Waals surface area contributed by atoms with Crippen LogP contribution in [0.1, 0.15) is 29.6 Å². The maximum atomic E-state index is 14.2. The van der Waals surface area contributed by atoms with Crippen molar-refractivity contribution in [3.05, 3.63) is 70.5 Å². The fraction of sp³-hybridized carbons (Fsp3) is 0.278. The number of hydrogen-bond acceptors (Lipinski definition) is 2. The van der Waals surface area contributed by atoms with Crippen molar-refractivity contribution < 1.29 is 14.3 Å². The molecule has 1 saturated heterocycles. The molecule has 5 heteroatoms. The van der Waals surface area contributed by atoms with Crippen LogP contribution in [0, 0.1) is 5.82 Å². The molecular formula is C18H17ClFNO2. The van der Waals surface area contributed by atoms with Gasteiger partial charge >= 0.3 is 0 Å². The molecule has 1 aliphatic rings. The van der Waals surface area contributed by atoms with Crippen LogP contribution in [0.2, 0.25) is 5.02 Å². The number of halogens is 2. The largest absolute Gasteiger partial charge is 0.386 e. The lowest BCUT2D eigenvalue weighted by Crippen LogP contribution is -2.36. The first-order chi connectivity index (χ1) is 11.0. The van der Waals surface area contributed by atoms with Crippen molar-refractivity contribution >= 4 is 17.5 Å². The Hall–Kier alpha value is -1.91. The Morgan fingerprint density at radius 1 is 1.26 bits per heavy atom. The average molecular weight is 334 g/mol. The lowest BCUT2D eigenvalue weighted by molar-refractivity contribution is -0.128. The number of aliphatic hydroxyl groups is 1. The van der Waals surface area contributed by atoms with E-state index < -0.39 is 18.1 Å². The van der Waals surface area contributed by atoms with E-state index in [1.807, 2.05) is 0 Å². The second kappa shape index (κ2) is 6.30. The molecule has 0 bridgehead atoms. The van der Waals surface area contributed by atoms with Crippen molar-refractivity contribution in [1.29, 1.82) is 0 Å². The Labute approximate surface area is 139 Å². The normalized spacial score (nSPS) is 22.4. The highest BCUT2D eigenvalue weighted by molar-refractivity contribution is 6.30. The second-order valence-electron chi connectivity index (χ2n) is 5.83. The maximum absolute atomic E-state index is 14.2. The standard InChI is InChI=1S/C18H17ClFNO2/c1-21-16(22)10-14(13-7-2-3-8-15(13)20)17(21)18(23)11-5-4-6-12(19)9-11/h2-9,14,17-18,23H,10H2,1H3/t14-,17-,18?/m1/s1. The topological polar surface area (TPSA) is 40.5 Å². The maximum Gasteiger partial charge on any atom is 0.223 e. The van der Waals surface area contributed by atoms with E-state index in [9.17, 15) is 14.3 Å². The van der Waals surface area contributed by atoms with Crippen LogP contribution in [0.25, 0.3) is 0 Å². The van der Waals surface area contributed by atoms with Gasteiger partial charge < -0.3 is 10.0 Å².